The minimum absolute atomic E-state index is 0.0543. The summed E-state index contributed by atoms with van der Waals surface area (Å²) in [7, 11) is 1.58. The van der Waals surface area contributed by atoms with Gasteiger partial charge in [-0.15, -0.1) is 11.3 Å². The van der Waals surface area contributed by atoms with Gasteiger partial charge in [0.15, 0.2) is 12.2 Å². The number of nitrogens with one attached hydrogen (secondary N) is 1. The molecule has 1 aromatic carbocycles. The van der Waals surface area contributed by atoms with Gasteiger partial charge in [-0.25, -0.2) is 4.98 Å². The van der Waals surface area contributed by atoms with Gasteiger partial charge < -0.3 is 14.5 Å². The number of hydrogen-bond acceptors (Lipinski definition) is 5. The predicted octanol–water partition coefficient (Wildman–Crippen LogP) is 3.90. The van der Waals surface area contributed by atoms with E-state index in [4.69, 9.17) is 9.15 Å². The Morgan fingerprint density at radius 1 is 1.35 bits per heavy atom. The molecule has 1 N–H and O–H groups in total. The highest BCUT2D eigenvalue weighted by Gasteiger charge is 2.12. The number of carbonyl (C=O) groups excluding carboxylic acids is 1. The first-order chi connectivity index (χ1) is 11.2. The number of aryl methyl sites for hydroxylation is 1. The van der Waals surface area contributed by atoms with Crippen LogP contribution in [-0.2, 0) is 11.2 Å². The lowest BCUT2D eigenvalue weighted by molar-refractivity contribution is -0.115. The van der Waals surface area contributed by atoms with E-state index in [1.54, 1.807) is 30.7 Å². The zero-order valence-electron chi connectivity index (χ0n) is 12.8. The zero-order chi connectivity index (χ0) is 16.2. The van der Waals surface area contributed by atoms with Crippen molar-refractivity contribution in [3.8, 4) is 17.1 Å². The number of carbonyl (C=O) groups is 1. The highest BCUT2D eigenvalue weighted by atomic mass is 32.1. The Morgan fingerprint density at radius 3 is 2.87 bits per heavy atom. The van der Waals surface area contributed by atoms with Crippen LogP contribution >= 0.6 is 11.3 Å². The van der Waals surface area contributed by atoms with Gasteiger partial charge in [-0.3, -0.25) is 4.79 Å². The van der Waals surface area contributed by atoms with Crippen LogP contribution in [0.3, 0.4) is 0 Å². The van der Waals surface area contributed by atoms with Gasteiger partial charge in [0, 0.05) is 21.5 Å². The molecule has 2 heterocycles. The molecule has 5 nitrogen and oxygen atoms in total. The normalized spacial score (nSPS) is 10.5. The molecule has 3 aromatic rings. The van der Waals surface area contributed by atoms with Crippen LogP contribution < -0.4 is 10.1 Å². The summed E-state index contributed by atoms with van der Waals surface area (Å²) in [6.07, 6.45) is 3.35. The van der Waals surface area contributed by atoms with Crippen molar-refractivity contribution in [3.63, 3.8) is 0 Å². The maximum atomic E-state index is 12.1. The van der Waals surface area contributed by atoms with Crippen LogP contribution in [0.2, 0.25) is 0 Å². The summed E-state index contributed by atoms with van der Waals surface area (Å²) in [6.45, 7) is 2.03. The van der Waals surface area contributed by atoms with Crippen molar-refractivity contribution < 1.29 is 13.9 Å². The average Bonchev–Trinajstić information content (AvgIpc) is 3.19. The highest BCUT2D eigenvalue weighted by Crippen LogP contribution is 2.32. The van der Waals surface area contributed by atoms with E-state index in [0.717, 1.165) is 10.4 Å². The van der Waals surface area contributed by atoms with E-state index in [0.29, 0.717) is 23.6 Å². The Bertz CT molecular complexity index is 809. The highest BCUT2D eigenvalue weighted by molar-refractivity contribution is 7.12. The third-order valence-corrected chi connectivity index (χ3v) is 4.31. The van der Waals surface area contributed by atoms with Gasteiger partial charge in [0.1, 0.15) is 5.75 Å². The first kappa shape index (κ1) is 15.3. The molecular weight excluding hydrogens is 312 g/mol. The second-order valence-corrected chi connectivity index (χ2v) is 6.39. The van der Waals surface area contributed by atoms with Crippen LogP contribution in [-0.4, -0.2) is 18.0 Å². The van der Waals surface area contributed by atoms with Gasteiger partial charge in [-0.1, -0.05) is 0 Å². The molecule has 0 saturated carbocycles. The number of rotatable bonds is 5. The van der Waals surface area contributed by atoms with Crippen molar-refractivity contribution in [1.29, 1.82) is 0 Å². The SMILES string of the molecule is COc1cc(NC(=O)Cc2ccc(C)s2)ccc1-c1cnco1. The van der Waals surface area contributed by atoms with Crippen LogP contribution in [0.4, 0.5) is 5.69 Å². The fraction of sp³-hybridized carbons (Fsp3) is 0.176. The molecule has 1 amide bonds. The van der Waals surface area contributed by atoms with E-state index in [2.05, 4.69) is 10.3 Å². The fourth-order valence-electron chi connectivity index (χ4n) is 2.26. The lowest BCUT2D eigenvalue weighted by atomic mass is 10.1. The molecule has 0 unspecified atom stereocenters. The van der Waals surface area contributed by atoms with Gasteiger partial charge in [0.25, 0.3) is 0 Å². The number of ether oxygens (including phenoxy) is 1. The number of benzene rings is 1. The van der Waals surface area contributed by atoms with Crippen LogP contribution in [0.1, 0.15) is 9.75 Å². The van der Waals surface area contributed by atoms with Crippen molar-refractivity contribution in [2.75, 3.05) is 12.4 Å². The summed E-state index contributed by atoms with van der Waals surface area (Å²) >= 11 is 1.63. The molecule has 0 aliphatic carbocycles. The summed E-state index contributed by atoms with van der Waals surface area (Å²) < 4.78 is 10.7. The lowest BCUT2D eigenvalue weighted by Gasteiger charge is -2.10. The van der Waals surface area contributed by atoms with Crippen LogP contribution in [0.5, 0.6) is 5.75 Å². The summed E-state index contributed by atoms with van der Waals surface area (Å²) in [6, 6.07) is 9.42. The topological polar surface area (TPSA) is 64.4 Å². The summed E-state index contributed by atoms with van der Waals surface area (Å²) in [5.41, 5.74) is 1.47. The molecule has 118 valence electrons. The molecule has 0 atom stereocenters. The van der Waals surface area contributed by atoms with E-state index in [9.17, 15) is 4.79 Å². The van der Waals surface area contributed by atoms with Gasteiger partial charge in [-0.2, -0.15) is 0 Å². The molecule has 0 spiro atoms. The maximum Gasteiger partial charge on any atom is 0.229 e. The van der Waals surface area contributed by atoms with Crippen LogP contribution in [0.25, 0.3) is 11.3 Å². The Kier molecular flexibility index (Phi) is 4.43. The molecule has 0 aliphatic heterocycles. The minimum atomic E-state index is -0.0543. The van der Waals surface area contributed by atoms with Crippen molar-refractivity contribution in [2.45, 2.75) is 13.3 Å². The third kappa shape index (κ3) is 3.60. The zero-order valence-corrected chi connectivity index (χ0v) is 13.6. The number of nitrogens with zero attached hydrogens (tertiary/aromatic N) is 1. The van der Waals surface area contributed by atoms with Crippen molar-refractivity contribution >= 4 is 22.9 Å². The second kappa shape index (κ2) is 6.66. The molecular formula is C17H16N2O3S. The van der Waals surface area contributed by atoms with Crippen molar-refractivity contribution in [1.82, 2.24) is 4.98 Å². The van der Waals surface area contributed by atoms with Gasteiger partial charge in [0.05, 0.1) is 25.3 Å². The number of aromatic nitrogens is 1. The summed E-state index contributed by atoms with van der Waals surface area (Å²) in [4.78, 5) is 18.3. The van der Waals surface area contributed by atoms with Gasteiger partial charge >= 0.3 is 0 Å². The van der Waals surface area contributed by atoms with E-state index in [1.165, 1.54) is 11.3 Å². The molecule has 2 aromatic heterocycles. The summed E-state index contributed by atoms with van der Waals surface area (Å²) in [5, 5.41) is 2.89. The smallest absolute Gasteiger partial charge is 0.229 e. The van der Waals surface area contributed by atoms with Crippen LogP contribution in [0, 0.1) is 6.92 Å². The average molecular weight is 328 g/mol. The standard InChI is InChI=1S/C17H16N2O3S/c1-11-3-5-13(23-11)8-17(20)19-12-4-6-14(15(7-12)21-2)16-9-18-10-22-16/h3-7,9-10H,8H2,1-2H3,(H,19,20). The van der Waals surface area contributed by atoms with Crippen LogP contribution in [0.15, 0.2) is 47.3 Å². The number of hydrogen-bond donors (Lipinski definition) is 1. The van der Waals surface area contributed by atoms with E-state index >= 15 is 0 Å². The molecule has 0 aliphatic rings. The van der Waals surface area contributed by atoms with E-state index in [1.807, 2.05) is 31.2 Å². The lowest BCUT2D eigenvalue weighted by Crippen LogP contribution is -2.13. The minimum Gasteiger partial charge on any atom is -0.496 e. The van der Waals surface area contributed by atoms with Crippen molar-refractivity contribution in [2.24, 2.45) is 0 Å². The van der Waals surface area contributed by atoms with Crippen molar-refractivity contribution in [3.05, 3.63) is 52.7 Å². The maximum absolute atomic E-state index is 12.1. The Balaban J connectivity index is 1.74. The number of oxazole rings is 1. The monoisotopic (exact) mass is 328 g/mol. The Hall–Kier alpha value is -2.60. The molecule has 0 radical (unpaired) electrons. The molecule has 23 heavy (non-hydrogen) atoms. The quantitative estimate of drug-likeness (QED) is 0.771. The largest absolute Gasteiger partial charge is 0.496 e. The summed E-state index contributed by atoms with van der Waals surface area (Å²) in [5.74, 6) is 1.18. The third-order valence-electron chi connectivity index (χ3n) is 3.31. The molecule has 0 saturated heterocycles. The Labute approximate surface area is 137 Å². The Morgan fingerprint density at radius 2 is 2.22 bits per heavy atom. The number of thiophene rings is 1. The van der Waals surface area contributed by atoms with E-state index in [-0.39, 0.29) is 5.91 Å². The fourth-order valence-corrected chi connectivity index (χ4v) is 3.15. The number of anilines is 1. The molecule has 0 fully saturated rings. The first-order valence-corrected chi connectivity index (χ1v) is 7.89. The predicted molar refractivity (Wildman–Crippen MR) is 89.9 cm³/mol. The van der Waals surface area contributed by atoms with E-state index < -0.39 is 0 Å². The van der Waals surface area contributed by atoms with Gasteiger partial charge in [-0.05, 0) is 31.2 Å². The molecule has 0 bridgehead atoms. The van der Waals surface area contributed by atoms with Gasteiger partial charge in [0.2, 0.25) is 5.91 Å². The number of amides is 1. The first-order valence-electron chi connectivity index (χ1n) is 7.08. The molecule has 6 heteroatoms. The second-order valence-electron chi connectivity index (χ2n) is 5.02. The number of methoxy groups -OCH3 is 1. The molecule has 3 rings (SSSR count).